The second-order valence-electron chi connectivity index (χ2n) is 6.31. The summed E-state index contributed by atoms with van der Waals surface area (Å²) < 4.78 is 46.2. The summed E-state index contributed by atoms with van der Waals surface area (Å²) in [5.74, 6) is -0.502. The Kier molecular flexibility index (Phi) is 6.68. The molecule has 3 rings (SSSR count). The molecule has 30 heavy (non-hydrogen) atoms. The molecule has 0 saturated heterocycles. The number of carbonyl (C=O) groups excluding carboxylic acids is 1. The van der Waals surface area contributed by atoms with Gasteiger partial charge in [0, 0.05) is 5.69 Å². The van der Waals surface area contributed by atoms with Gasteiger partial charge in [0.25, 0.3) is 10.0 Å². The van der Waals surface area contributed by atoms with Gasteiger partial charge < -0.3 is 10.1 Å². The van der Waals surface area contributed by atoms with Crippen LogP contribution in [-0.4, -0.2) is 27.5 Å². The predicted molar refractivity (Wildman–Crippen MR) is 114 cm³/mol. The van der Waals surface area contributed by atoms with Gasteiger partial charge in [0.15, 0.2) is 0 Å². The summed E-state index contributed by atoms with van der Waals surface area (Å²) in [6, 6.07) is 19.5. The number of ether oxygens (including phenoxy) is 1. The molecule has 0 spiro atoms. The molecule has 0 unspecified atom stereocenters. The molecule has 156 valence electrons. The smallest absolute Gasteiger partial charge is 0.264 e. The summed E-state index contributed by atoms with van der Waals surface area (Å²) >= 11 is 0. The van der Waals surface area contributed by atoms with Crippen molar-refractivity contribution in [3.63, 3.8) is 0 Å². The molecule has 0 aromatic heterocycles. The van der Waals surface area contributed by atoms with Crippen molar-refractivity contribution in [1.82, 2.24) is 0 Å². The average molecular weight is 428 g/mol. The summed E-state index contributed by atoms with van der Waals surface area (Å²) in [5, 5.41) is 2.66. The van der Waals surface area contributed by atoms with Crippen molar-refractivity contribution in [2.75, 3.05) is 22.8 Å². The zero-order chi connectivity index (χ0) is 21.6. The van der Waals surface area contributed by atoms with E-state index in [0.29, 0.717) is 18.0 Å². The number of para-hydroxylation sites is 1. The highest BCUT2D eigenvalue weighted by molar-refractivity contribution is 7.92. The van der Waals surface area contributed by atoms with E-state index >= 15 is 0 Å². The van der Waals surface area contributed by atoms with Crippen LogP contribution in [0.15, 0.2) is 83.8 Å². The molecule has 3 aromatic rings. The van der Waals surface area contributed by atoms with E-state index in [1.807, 2.05) is 6.92 Å². The topological polar surface area (TPSA) is 75.7 Å². The number of anilines is 2. The van der Waals surface area contributed by atoms with Gasteiger partial charge in [0.05, 0.1) is 17.2 Å². The maximum absolute atomic E-state index is 13.4. The van der Waals surface area contributed by atoms with Gasteiger partial charge in [-0.1, -0.05) is 18.2 Å². The molecule has 0 bridgehead atoms. The second kappa shape index (κ2) is 9.41. The number of amides is 1. The Morgan fingerprint density at radius 1 is 0.967 bits per heavy atom. The molecule has 0 atom stereocenters. The Labute approximate surface area is 175 Å². The summed E-state index contributed by atoms with van der Waals surface area (Å²) in [6.45, 7) is 1.80. The number of hydrogen-bond donors (Lipinski definition) is 1. The van der Waals surface area contributed by atoms with Crippen LogP contribution in [0, 0.1) is 5.82 Å². The number of benzene rings is 3. The van der Waals surface area contributed by atoms with Crippen molar-refractivity contribution in [2.45, 2.75) is 11.8 Å². The molecule has 0 aliphatic rings. The fourth-order valence-electron chi connectivity index (χ4n) is 2.78. The van der Waals surface area contributed by atoms with E-state index in [1.54, 1.807) is 42.5 Å². The van der Waals surface area contributed by atoms with Crippen molar-refractivity contribution in [3.05, 3.63) is 84.7 Å². The first-order valence-electron chi connectivity index (χ1n) is 9.26. The maximum atomic E-state index is 13.4. The SMILES string of the molecule is CCOc1ccc(S(=O)(=O)N(CC(=O)Nc2ccccc2)c2ccc(F)cc2)cc1. The van der Waals surface area contributed by atoms with E-state index in [4.69, 9.17) is 4.74 Å². The van der Waals surface area contributed by atoms with Gasteiger partial charge in [-0.25, -0.2) is 12.8 Å². The monoisotopic (exact) mass is 428 g/mol. The number of nitrogens with zero attached hydrogens (tertiary/aromatic N) is 1. The van der Waals surface area contributed by atoms with E-state index in [0.717, 1.165) is 16.4 Å². The number of hydrogen-bond acceptors (Lipinski definition) is 4. The van der Waals surface area contributed by atoms with Crippen LogP contribution in [0.3, 0.4) is 0 Å². The highest BCUT2D eigenvalue weighted by Gasteiger charge is 2.27. The number of sulfonamides is 1. The fourth-order valence-corrected chi connectivity index (χ4v) is 4.20. The highest BCUT2D eigenvalue weighted by atomic mass is 32.2. The lowest BCUT2D eigenvalue weighted by Gasteiger charge is -2.24. The van der Waals surface area contributed by atoms with Crippen LogP contribution >= 0.6 is 0 Å². The molecule has 6 nitrogen and oxygen atoms in total. The van der Waals surface area contributed by atoms with Crippen molar-refractivity contribution >= 4 is 27.3 Å². The molecular weight excluding hydrogens is 407 g/mol. The molecule has 1 amide bonds. The molecule has 0 aliphatic heterocycles. The van der Waals surface area contributed by atoms with E-state index in [-0.39, 0.29) is 10.6 Å². The van der Waals surface area contributed by atoms with Gasteiger partial charge in [-0.3, -0.25) is 9.10 Å². The van der Waals surface area contributed by atoms with Crippen molar-refractivity contribution < 1.29 is 22.3 Å². The van der Waals surface area contributed by atoms with Crippen LogP contribution < -0.4 is 14.4 Å². The van der Waals surface area contributed by atoms with Crippen LogP contribution in [-0.2, 0) is 14.8 Å². The lowest BCUT2D eigenvalue weighted by atomic mass is 10.3. The molecular formula is C22H21FN2O4S. The normalized spacial score (nSPS) is 11.0. The Morgan fingerprint density at radius 2 is 1.60 bits per heavy atom. The first-order valence-corrected chi connectivity index (χ1v) is 10.7. The zero-order valence-electron chi connectivity index (χ0n) is 16.3. The zero-order valence-corrected chi connectivity index (χ0v) is 17.1. The Hall–Kier alpha value is -3.39. The van der Waals surface area contributed by atoms with Gasteiger partial charge in [0.2, 0.25) is 5.91 Å². The predicted octanol–water partition coefficient (Wildman–Crippen LogP) is 4.06. The molecule has 8 heteroatoms. The van der Waals surface area contributed by atoms with Gasteiger partial charge in [0.1, 0.15) is 18.1 Å². The largest absolute Gasteiger partial charge is 0.494 e. The third-order valence-corrected chi connectivity index (χ3v) is 5.97. The molecule has 0 fully saturated rings. The van der Waals surface area contributed by atoms with Crippen LogP contribution in [0.2, 0.25) is 0 Å². The minimum Gasteiger partial charge on any atom is -0.494 e. The molecule has 1 N–H and O–H groups in total. The van der Waals surface area contributed by atoms with Gasteiger partial charge >= 0.3 is 0 Å². The van der Waals surface area contributed by atoms with E-state index in [1.165, 1.54) is 24.3 Å². The van der Waals surface area contributed by atoms with Gasteiger partial charge in [-0.15, -0.1) is 0 Å². The first kappa shape index (κ1) is 21.3. The van der Waals surface area contributed by atoms with Crippen molar-refractivity contribution in [3.8, 4) is 5.75 Å². The molecule has 0 aliphatic carbocycles. The lowest BCUT2D eigenvalue weighted by Crippen LogP contribution is -2.38. The third-order valence-electron chi connectivity index (χ3n) is 4.18. The standard InChI is InChI=1S/C22H21FN2O4S/c1-2-29-20-12-14-21(15-13-20)30(27,28)25(19-10-8-17(23)9-11-19)16-22(26)24-18-6-4-3-5-7-18/h3-15H,2,16H2,1H3,(H,24,26). The maximum Gasteiger partial charge on any atom is 0.264 e. The average Bonchev–Trinajstić information content (AvgIpc) is 2.74. The summed E-state index contributed by atoms with van der Waals surface area (Å²) in [4.78, 5) is 12.6. The molecule has 0 radical (unpaired) electrons. The van der Waals surface area contributed by atoms with E-state index in [9.17, 15) is 17.6 Å². The quantitative estimate of drug-likeness (QED) is 0.587. The van der Waals surface area contributed by atoms with Crippen LogP contribution in [0.1, 0.15) is 6.92 Å². The van der Waals surface area contributed by atoms with Crippen LogP contribution in [0.5, 0.6) is 5.75 Å². The molecule has 0 heterocycles. The summed E-state index contributed by atoms with van der Waals surface area (Å²) in [7, 11) is -4.09. The van der Waals surface area contributed by atoms with Gasteiger partial charge in [-0.2, -0.15) is 0 Å². The number of halogens is 1. The van der Waals surface area contributed by atoms with Gasteiger partial charge in [-0.05, 0) is 67.6 Å². The number of nitrogens with one attached hydrogen (secondary N) is 1. The highest BCUT2D eigenvalue weighted by Crippen LogP contribution is 2.25. The van der Waals surface area contributed by atoms with Crippen molar-refractivity contribution in [2.24, 2.45) is 0 Å². The van der Waals surface area contributed by atoms with E-state index < -0.39 is 28.3 Å². The minimum absolute atomic E-state index is 0.0113. The fraction of sp³-hybridized carbons (Fsp3) is 0.136. The Bertz CT molecular complexity index is 1090. The van der Waals surface area contributed by atoms with Crippen LogP contribution in [0.25, 0.3) is 0 Å². The number of rotatable bonds is 8. The Morgan fingerprint density at radius 3 is 2.20 bits per heavy atom. The lowest BCUT2D eigenvalue weighted by molar-refractivity contribution is -0.114. The molecule has 0 saturated carbocycles. The molecule has 3 aromatic carbocycles. The first-order chi connectivity index (χ1) is 14.4. The summed E-state index contributed by atoms with van der Waals surface area (Å²) in [6.07, 6.45) is 0. The van der Waals surface area contributed by atoms with E-state index in [2.05, 4.69) is 5.32 Å². The third kappa shape index (κ3) is 5.15. The Balaban J connectivity index is 1.92. The minimum atomic E-state index is -4.09. The van der Waals surface area contributed by atoms with Crippen molar-refractivity contribution in [1.29, 1.82) is 0 Å². The number of carbonyl (C=O) groups is 1. The second-order valence-corrected chi connectivity index (χ2v) is 8.17. The van der Waals surface area contributed by atoms with Crippen LogP contribution in [0.4, 0.5) is 15.8 Å². The summed E-state index contributed by atoms with van der Waals surface area (Å²) in [5.41, 5.74) is 0.716.